The number of nitrogens with two attached hydrogens (primary N) is 1. The fourth-order valence-electron chi connectivity index (χ4n) is 2.33. The number of hydrogen-bond acceptors (Lipinski definition) is 5. The Hall–Kier alpha value is -3.10. The Bertz CT molecular complexity index is 799. The van der Waals surface area contributed by atoms with E-state index in [1.807, 2.05) is 6.92 Å². The maximum Gasteiger partial charge on any atom is 0.326 e. The van der Waals surface area contributed by atoms with Crippen LogP contribution in [0, 0.1) is 6.92 Å². The van der Waals surface area contributed by atoms with E-state index < -0.39 is 30.2 Å². The van der Waals surface area contributed by atoms with Crippen LogP contribution < -0.4 is 15.8 Å². The highest BCUT2D eigenvalue weighted by Crippen LogP contribution is 2.22. The highest BCUT2D eigenvalue weighted by Gasteiger charge is 2.26. The summed E-state index contributed by atoms with van der Waals surface area (Å²) in [5.74, 6) is -2.32. The molecule has 1 atom stereocenters. The minimum atomic E-state index is -1.41. The molecule has 0 radical (unpaired) electrons. The third-order valence-electron chi connectivity index (χ3n) is 3.31. The van der Waals surface area contributed by atoms with Crippen LogP contribution in [0.2, 0.25) is 0 Å². The Morgan fingerprint density at radius 2 is 2.17 bits per heavy atom. The minimum Gasteiger partial charge on any atom is -0.490 e. The predicted molar refractivity (Wildman–Crippen MR) is 83.8 cm³/mol. The van der Waals surface area contributed by atoms with Gasteiger partial charge in [0.25, 0.3) is 5.91 Å². The normalized spacial score (nSPS) is 11.9. The van der Waals surface area contributed by atoms with Crippen molar-refractivity contribution in [3.8, 4) is 5.75 Å². The molecule has 0 aliphatic heterocycles. The quantitative estimate of drug-likeness (QED) is 0.657. The Morgan fingerprint density at radius 3 is 2.75 bits per heavy atom. The first-order chi connectivity index (χ1) is 11.3. The molecule has 0 bridgehead atoms. The fraction of sp³-hybridized carbons (Fsp3) is 0.333. The van der Waals surface area contributed by atoms with Gasteiger partial charge in [-0.2, -0.15) is 0 Å². The van der Waals surface area contributed by atoms with Crippen molar-refractivity contribution < 1.29 is 24.2 Å². The third-order valence-corrected chi connectivity index (χ3v) is 3.31. The van der Waals surface area contributed by atoms with Crippen molar-refractivity contribution in [1.82, 2.24) is 14.7 Å². The van der Waals surface area contributed by atoms with Crippen molar-refractivity contribution in [3.05, 3.63) is 29.7 Å². The fourth-order valence-corrected chi connectivity index (χ4v) is 2.33. The van der Waals surface area contributed by atoms with E-state index in [0.29, 0.717) is 23.7 Å². The molecular weight excluding hydrogens is 316 g/mol. The number of fused-ring (bicyclic) bond motifs is 1. The monoisotopic (exact) mass is 334 g/mol. The zero-order valence-electron chi connectivity index (χ0n) is 13.3. The average molecular weight is 334 g/mol. The van der Waals surface area contributed by atoms with Gasteiger partial charge in [-0.1, -0.05) is 0 Å². The van der Waals surface area contributed by atoms with Crippen LogP contribution in [0.4, 0.5) is 0 Å². The maximum atomic E-state index is 12.5. The van der Waals surface area contributed by atoms with E-state index in [1.54, 1.807) is 25.3 Å². The van der Waals surface area contributed by atoms with E-state index in [0.717, 1.165) is 0 Å². The van der Waals surface area contributed by atoms with Crippen LogP contribution in [-0.2, 0) is 9.59 Å². The second-order valence-corrected chi connectivity index (χ2v) is 5.08. The van der Waals surface area contributed by atoms with Gasteiger partial charge in [-0.15, -0.1) is 0 Å². The van der Waals surface area contributed by atoms with Gasteiger partial charge in [-0.05, 0) is 26.0 Å². The molecule has 2 amide bonds. The molecule has 2 rings (SSSR count). The number of aryl methyl sites for hydroxylation is 1. The summed E-state index contributed by atoms with van der Waals surface area (Å²) >= 11 is 0. The van der Waals surface area contributed by atoms with Gasteiger partial charge < -0.3 is 20.9 Å². The molecule has 0 saturated heterocycles. The van der Waals surface area contributed by atoms with Gasteiger partial charge in [0.05, 0.1) is 18.7 Å². The topological polar surface area (TPSA) is 136 Å². The van der Waals surface area contributed by atoms with Crippen LogP contribution in [-0.4, -0.2) is 44.9 Å². The molecule has 2 aromatic heterocycles. The Kier molecular flexibility index (Phi) is 5.02. The van der Waals surface area contributed by atoms with Crippen LogP contribution >= 0.6 is 0 Å². The second kappa shape index (κ2) is 6.99. The highest BCUT2D eigenvalue weighted by atomic mass is 16.5. The first-order valence-corrected chi connectivity index (χ1v) is 7.27. The van der Waals surface area contributed by atoms with Gasteiger partial charge >= 0.3 is 5.97 Å². The van der Waals surface area contributed by atoms with Gasteiger partial charge in [0.2, 0.25) is 5.91 Å². The molecule has 0 fully saturated rings. The molecule has 0 spiro atoms. The summed E-state index contributed by atoms with van der Waals surface area (Å²) in [4.78, 5) is 38.9. The summed E-state index contributed by atoms with van der Waals surface area (Å²) in [6.07, 6.45) is 1.12. The standard InChI is InChI=1S/C15H18N4O5/c1-3-24-10-5-4-6-19-12(8(2)17-13(10)19)14(21)18-9(15(22)23)7-11(16)20/h4-6,9H,3,7H2,1-2H3,(H2,16,20)(H,18,21)(H,22,23). The molecule has 9 nitrogen and oxygen atoms in total. The van der Waals surface area contributed by atoms with E-state index in [4.69, 9.17) is 15.6 Å². The first-order valence-electron chi connectivity index (χ1n) is 7.27. The van der Waals surface area contributed by atoms with Crippen molar-refractivity contribution in [1.29, 1.82) is 0 Å². The number of ether oxygens (including phenoxy) is 1. The van der Waals surface area contributed by atoms with Crippen molar-refractivity contribution >= 4 is 23.4 Å². The number of amides is 2. The van der Waals surface area contributed by atoms with Gasteiger partial charge in [0.15, 0.2) is 11.4 Å². The molecular formula is C15H18N4O5. The van der Waals surface area contributed by atoms with Crippen LogP contribution in [0.25, 0.3) is 5.65 Å². The Morgan fingerprint density at radius 1 is 1.46 bits per heavy atom. The van der Waals surface area contributed by atoms with Crippen molar-refractivity contribution in [3.63, 3.8) is 0 Å². The van der Waals surface area contributed by atoms with Crippen LogP contribution in [0.15, 0.2) is 18.3 Å². The SMILES string of the molecule is CCOc1cccn2c(C(=O)NC(CC(N)=O)C(=O)O)c(C)nc12. The second-order valence-electron chi connectivity index (χ2n) is 5.08. The number of imidazole rings is 1. The molecule has 128 valence electrons. The van der Waals surface area contributed by atoms with Crippen molar-refractivity contribution in [2.24, 2.45) is 5.73 Å². The van der Waals surface area contributed by atoms with Crippen LogP contribution in [0.5, 0.6) is 5.75 Å². The zero-order chi connectivity index (χ0) is 17.9. The average Bonchev–Trinajstić information content (AvgIpc) is 2.83. The molecule has 24 heavy (non-hydrogen) atoms. The summed E-state index contributed by atoms with van der Waals surface area (Å²) in [6, 6.07) is 2.00. The van der Waals surface area contributed by atoms with Gasteiger partial charge in [-0.25, -0.2) is 9.78 Å². The van der Waals surface area contributed by atoms with E-state index in [1.165, 1.54) is 4.40 Å². The predicted octanol–water partition coefficient (Wildman–Crippen LogP) is 0.0998. The molecule has 0 aromatic carbocycles. The number of carboxylic acids is 1. The zero-order valence-corrected chi connectivity index (χ0v) is 13.3. The number of pyridine rings is 1. The van der Waals surface area contributed by atoms with Crippen molar-refractivity contribution in [2.75, 3.05) is 6.61 Å². The number of carbonyl (C=O) groups is 3. The molecule has 4 N–H and O–H groups in total. The summed E-state index contributed by atoms with van der Waals surface area (Å²) in [5, 5.41) is 11.4. The lowest BCUT2D eigenvalue weighted by Crippen LogP contribution is -2.43. The third kappa shape index (κ3) is 3.45. The Labute approximate surface area is 137 Å². The van der Waals surface area contributed by atoms with E-state index in [2.05, 4.69) is 10.3 Å². The molecule has 0 aliphatic rings. The summed E-state index contributed by atoms with van der Waals surface area (Å²) in [6.45, 7) is 3.89. The number of aromatic nitrogens is 2. The molecule has 0 saturated carbocycles. The van der Waals surface area contributed by atoms with E-state index in [-0.39, 0.29) is 5.69 Å². The highest BCUT2D eigenvalue weighted by molar-refractivity contribution is 5.98. The van der Waals surface area contributed by atoms with E-state index in [9.17, 15) is 14.4 Å². The van der Waals surface area contributed by atoms with Crippen molar-refractivity contribution in [2.45, 2.75) is 26.3 Å². The number of aliphatic carboxylic acids is 1. The number of nitrogens with one attached hydrogen (secondary N) is 1. The lowest BCUT2D eigenvalue weighted by atomic mass is 10.2. The van der Waals surface area contributed by atoms with Crippen LogP contribution in [0.1, 0.15) is 29.5 Å². The number of nitrogens with zero attached hydrogens (tertiary/aromatic N) is 2. The Balaban J connectivity index is 2.39. The van der Waals surface area contributed by atoms with Gasteiger partial charge in [0, 0.05) is 6.20 Å². The lowest BCUT2D eigenvalue weighted by Gasteiger charge is -2.13. The number of hydrogen-bond donors (Lipinski definition) is 3. The molecule has 0 aliphatic carbocycles. The van der Waals surface area contributed by atoms with Gasteiger partial charge in [0.1, 0.15) is 11.7 Å². The summed E-state index contributed by atoms with van der Waals surface area (Å²) < 4.78 is 6.98. The first kappa shape index (κ1) is 17.3. The summed E-state index contributed by atoms with van der Waals surface area (Å²) in [5.41, 5.74) is 6.03. The number of primary amides is 1. The van der Waals surface area contributed by atoms with Crippen LogP contribution in [0.3, 0.4) is 0 Å². The number of carbonyl (C=O) groups excluding carboxylic acids is 2. The van der Waals surface area contributed by atoms with Gasteiger partial charge in [-0.3, -0.25) is 14.0 Å². The van der Waals surface area contributed by atoms with E-state index >= 15 is 0 Å². The minimum absolute atomic E-state index is 0.169. The lowest BCUT2D eigenvalue weighted by molar-refractivity contribution is -0.140. The smallest absolute Gasteiger partial charge is 0.326 e. The molecule has 2 aromatic rings. The largest absolute Gasteiger partial charge is 0.490 e. The molecule has 1 unspecified atom stereocenters. The number of rotatable bonds is 7. The molecule has 2 heterocycles. The molecule has 9 heteroatoms. The number of carboxylic acid groups (broad SMARTS) is 1. The maximum absolute atomic E-state index is 12.5. The summed E-state index contributed by atoms with van der Waals surface area (Å²) in [7, 11) is 0.